The molecular weight excluding hydrogens is 672 g/mol. The highest BCUT2D eigenvalue weighted by atomic mass is 79.9. The van der Waals surface area contributed by atoms with Crippen LogP contribution in [0, 0.1) is 0 Å². The summed E-state index contributed by atoms with van der Waals surface area (Å²) in [5.74, 6) is -0.524. The molecule has 1 aromatic heterocycles. The third-order valence-electron chi connectivity index (χ3n) is 6.69. The fourth-order valence-corrected chi connectivity index (χ4v) is 5.84. The Morgan fingerprint density at radius 3 is 2.29 bits per heavy atom. The minimum absolute atomic E-state index is 0.0626. The molecule has 1 aliphatic rings. The van der Waals surface area contributed by atoms with Crippen molar-refractivity contribution in [3.8, 4) is 5.75 Å². The molecule has 230 valence electrons. The maximum absolute atomic E-state index is 13.6. The van der Waals surface area contributed by atoms with Crippen molar-refractivity contribution >= 4 is 55.5 Å². The fraction of sp³-hybridized carbons (Fsp3) is 0.517. The summed E-state index contributed by atoms with van der Waals surface area (Å²) >= 11 is 6.60. The molecule has 0 saturated carbocycles. The lowest BCUT2D eigenvalue weighted by atomic mass is 10.0. The van der Waals surface area contributed by atoms with Gasteiger partial charge in [0.1, 0.15) is 17.4 Å². The number of aromatic nitrogens is 1. The van der Waals surface area contributed by atoms with E-state index >= 15 is 0 Å². The summed E-state index contributed by atoms with van der Waals surface area (Å²) in [6, 6.07) is 5.64. The maximum atomic E-state index is 13.6. The van der Waals surface area contributed by atoms with Crippen LogP contribution in [-0.2, 0) is 20.7 Å². The van der Waals surface area contributed by atoms with Crippen molar-refractivity contribution in [3.05, 3.63) is 51.2 Å². The average Bonchev–Trinajstić information content (AvgIpc) is 2.94. The molecule has 2 atom stereocenters. The van der Waals surface area contributed by atoms with Gasteiger partial charge in [0.2, 0.25) is 11.8 Å². The van der Waals surface area contributed by atoms with E-state index in [2.05, 4.69) is 52.4 Å². The first-order valence-corrected chi connectivity index (χ1v) is 15.6. The Morgan fingerprint density at radius 2 is 1.69 bits per heavy atom. The highest BCUT2D eigenvalue weighted by Crippen LogP contribution is 2.33. The molecule has 1 fully saturated rings. The minimum Gasteiger partial charge on any atom is -0.506 e. The summed E-state index contributed by atoms with van der Waals surface area (Å²) in [4.78, 5) is 46.8. The quantitative estimate of drug-likeness (QED) is 0.258. The number of piperazine rings is 1. The number of alkyl carbamates (subject to hydrolysis) is 1. The van der Waals surface area contributed by atoms with Crippen molar-refractivity contribution in [1.29, 1.82) is 0 Å². The summed E-state index contributed by atoms with van der Waals surface area (Å²) < 4.78 is 6.23. The van der Waals surface area contributed by atoms with Crippen LogP contribution in [0.1, 0.15) is 45.6 Å². The number of aromatic hydroxyl groups is 1. The summed E-state index contributed by atoms with van der Waals surface area (Å²) in [7, 11) is 0. The first-order chi connectivity index (χ1) is 19.8. The van der Waals surface area contributed by atoms with Crippen LogP contribution in [0.2, 0.25) is 0 Å². The number of nitrogens with one attached hydrogen (secondary N) is 2. The number of unbranched alkanes of at least 4 members (excludes halogenated alkanes) is 1. The summed E-state index contributed by atoms with van der Waals surface area (Å²) in [5.41, 5.74) is 7.47. The van der Waals surface area contributed by atoms with Crippen LogP contribution in [0.25, 0.3) is 0 Å². The largest absolute Gasteiger partial charge is 0.506 e. The van der Waals surface area contributed by atoms with Gasteiger partial charge >= 0.3 is 6.09 Å². The van der Waals surface area contributed by atoms with E-state index in [1.54, 1.807) is 50.2 Å². The minimum atomic E-state index is -0.902. The van der Waals surface area contributed by atoms with Crippen LogP contribution in [0.5, 0.6) is 5.75 Å². The first-order valence-electron chi connectivity index (χ1n) is 14.0. The molecule has 13 heteroatoms. The fourth-order valence-electron chi connectivity index (χ4n) is 4.56. The monoisotopic (exact) mass is 710 g/mol. The zero-order chi connectivity index (χ0) is 30.9. The molecule has 5 N–H and O–H groups in total. The average molecular weight is 712 g/mol. The standard InChI is InChI=1S/C29H40Br2N6O5/c1-29(2,3)42-28(41)34-9-5-4-6-24(27(40)37-14-12-36(13-15-37)20-7-10-33-11-8-20)35-26(39)23(32)18-19-16-21(30)25(38)22(31)17-19/h7-8,10-11,16-17,23-24,38H,4-6,9,12-15,18,32H2,1-3H3,(H,34,41)(H,35,39)/t23-,24-/m0/s1. The Labute approximate surface area is 263 Å². The van der Waals surface area contributed by atoms with E-state index in [-0.39, 0.29) is 18.1 Å². The predicted octanol–water partition coefficient (Wildman–Crippen LogP) is 3.71. The summed E-state index contributed by atoms with van der Waals surface area (Å²) in [6.45, 7) is 8.16. The van der Waals surface area contributed by atoms with Gasteiger partial charge in [0.15, 0.2) is 0 Å². The second-order valence-corrected chi connectivity index (χ2v) is 12.9. The number of amides is 3. The molecule has 1 saturated heterocycles. The molecule has 0 aliphatic carbocycles. The molecule has 3 rings (SSSR count). The van der Waals surface area contributed by atoms with Crippen LogP contribution in [0.3, 0.4) is 0 Å². The molecular formula is C29H40Br2N6O5. The number of nitrogens with zero attached hydrogens (tertiary/aromatic N) is 3. The van der Waals surface area contributed by atoms with Gasteiger partial charge in [-0.1, -0.05) is 0 Å². The van der Waals surface area contributed by atoms with E-state index in [9.17, 15) is 19.5 Å². The highest BCUT2D eigenvalue weighted by Gasteiger charge is 2.30. The van der Waals surface area contributed by atoms with Crippen LogP contribution in [0.4, 0.5) is 10.5 Å². The van der Waals surface area contributed by atoms with Gasteiger partial charge < -0.3 is 36.0 Å². The van der Waals surface area contributed by atoms with Crippen molar-refractivity contribution in [3.63, 3.8) is 0 Å². The Morgan fingerprint density at radius 1 is 1.07 bits per heavy atom. The molecule has 2 heterocycles. The van der Waals surface area contributed by atoms with Crippen LogP contribution < -0.4 is 21.3 Å². The lowest BCUT2D eigenvalue weighted by molar-refractivity contribution is -0.137. The van der Waals surface area contributed by atoms with Crippen LogP contribution in [0.15, 0.2) is 45.6 Å². The van der Waals surface area contributed by atoms with Crippen molar-refractivity contribution in [2.45, 2.75) is 64.1 Å². The highest BCUT2D eigenvalue weighted by molar-refractivity contribution is 9.11. The van der Waals surface area contributed by atoms with E-state index < -0.39 is 29.7 Å². The number of anilines is 1. The predicted molar refractivity (Wildman–Crippen MR) is 168 cm³/mol. The number of carbonyl (C=O) groups excluding carboxylic acids is 3. The first kappa shape index (κ1) is 33.6. The number of hydrogen-bond acceptors (Lipinski definition) is 8. The number of ether oxygens (including phenoxy) is 1. The van der Waals surface area contributed by atoms with Crippen molar-refractivity contribution in [2.24, 2.45) is 5.73 Å². The summed E-state index contributed by atoms with van der Waals surface area (Å²) in [6.07, 6.45) is 4.81. The Balaban J connectivity index is 1.60. The topological polar surface area (TPSA) is 150 Å². The van der Waals surface area contributed by atoms with Crippen LogP contribution in [-0.4, -0.2) is 83.3 Å². The molecule has 0 bridgehead atoms. The van der Waals surface area contributed by atoms with E-state index in [0.29, 0.717) is 60.9 Å². The molecule has 1 aliphatic heterocycles. The van der Waals surface area contributed by atoms with Crippen molar-refractivity contribution in [2.75, 3.05) is 37.6 Å². The molecule has 1 aromatic carbocycles. The molecule has 42 heavy (non-hydrogen) atoms. The van der Waals surface area contributed by atoms with Gasteiger partial charge in [0.25, 0.3) is 0 Å². The molecule has 3 amide bonds. The molecule has 2 aromatic rings. The zero-order valence-corrected chi connectivity index (χ0v) is 27.4. The molecule has 0 unspecified atom stereocenters. The van der Waals surface area contributed by atoms with Gasteiger partial charge in [-0.25, -0.2) is 4.79 Å². The van der Waals surface area contributed by atoms with Gasteiger partial charge in [-0.3, -0.25) is 14.6 Å². The zero-order valence-electron chi connectivity index (χ0n) is 24.2. The number of pyridine rings is 1. The number of benzene rings is 1. The van der Waals surface area contributed by atoms with Gasteiger partial charge in [0.05, 0.1) is 15.0 Å². The second kappa shape index (κ2) is 15.5. The number of rotatable bonds is 11. The third-order valence-corrected chi connectivity index (χ3v) is 7.90. The Bertz CT molecular complexity index is 1200. The molecule has 0 radical (unpaired) electrons. The van der Waals surface area contributed by atoms with Crippen molar-refractivity contribution < 1.29 is 24.2 Å². The van der Waals surface area contributed by atoms with E-state index in [1.807, 2.05) is 12.1 Å². The number of nitrogens with two attached hydrogens (primary N) is 1. The smallest absolute Gasteiger partial charge is 0.407 e. The second-order valence-electron chi connectivity index (χ2n) is 11.2. The lowest BCUT2D eigenvalue weighted by Crippen LogP contribution is -2.57. The molecule has 0 spiro atoms. The number of carbonyl (C=O) groups is 3. The number of phenols is 1. The van der Waals surface area contributed by atoms with Gasteiger partial charge in [-0.2, -0.15) is 0 Å². The number of hydrogen-bond donors (Lipinski definition) is 4. The lowest BCUT2D eigenvalue weighted by Gasteiger charge is -2.37. The van der Waals surface area contributed by atoms with Gasteiger partial charge in [-0.15, -0.1) is 0 Å². The molecule has 11 nitrogen and oxygen atoms in total. The number of halogens is 2. The SMILES string of the molecule is CC(C)(C)OC(=O)NCCCC[C@H](NC(=O)[C@@H](N)Cc1cc(Br)c(O)c(Br)c1)C(=O)N1CCN(c2ccncc2)CC1. The van der Waals surface area contributed by atoms with Gasteiger partial charge in [-0.05, 0) is 108 Å². The third kappa shape index (κ3) is 10.4. The Hall–Kier alpha value is -2.90. The van der Waals surface area contributed by atoms with E-state index in [4.69, 9.17) is 10.5 Å². The number of phenolic OH excluding ortho intramolecular Hbond substituents is 1. The van der Waals surface area contributed by atoms with Gasteiger partial charge in [0, 0.05) is 50.8 Å². The Kier molecular flexibility index (Phi) is 12.4. The summed E-state index contributed by atoms with van der Waals surface area (Å²) in [5, 5.41) is 15.6. The van der Waals surface area contributed by atoms with Crippen molar-refractivity contribution in [1.82, 2.24) is 20.5 Å². The normalized spacial score (nSPS) is 15.1. The maximum Gasteiger partial charge on any atom is 0.407 e. The van der Waals surface area contributed by atoms with Crippen LogP contribution >= 0.6 is 31.9 Å². The van der Waals surface area contributed by atoms with E-state index in [0.717, 1.165) is 11.3 Å². The van der Waals surface area contributed by atoms with E-state index in [1.165, 1.54) is 0 Å².